The molecule has 1 aliphatic rings. The molecular weight excluding hydrogens is 408 g/mol. The quantitative estimate of drug-likeness (QED) is 0.720. The number of rotatable bonds is 7. The van der Waals surface area contributed by atoms with E-state index in [1.54, 1.807) is 37.3 Å². The molecule has 8 nitrogen and oxygen atoms in total. The zero-order valence-electron chi connectivity index (χ0n) is 17.5. The predicted molar refractivity (Wildman–Crippen MR) is 113 cm³/mol. The first-order valence-corrected chi connectivity index (χ1v) is 10.9. The molecule has 30 heavy (non-hydrogen) atoms. The average molecular weight is 435 g/mol. The first kappa shape index (κ1) is 21.9. The molecule has 1 saturated heterocycles. The van der Waals surface area contributed by atoms with Crippen molar-refractivity contribution >= 4 is 21.6 Å². The Balaban J connectivity index is 1.85. The van der Waals surface area contributed by atoms with Gasteiger partial charge in [-0.2, -0.15) is 4.31 Å². The number of nitrogens with zero attached hydrogens (tertiary/aromatic N) is 1. The van der Waals surface area contributed by atoms with Gasteiger partial charge >= 0.3 is 0 Å². The molecule has 0 spiro atoms. The number of amides is 1. The van der Waals surface area contributed by atoms with Crippen LogP contribution in [0.3, 0.4) is 0 Å². The van der Waals surface area contributed by atoms with Crippen molar-refractivity contribution < 1.29 is 27.4 Å². The van der Waals surface area contributed by atoms with Gasteiger partial charge in [0.2, 0.25) is 15.9 Å². The number of nitrogens with one attached hydrogen (secondary N) is 1. The van der Waals surface area contributed by atoms with Crippen LogP contribution in [0, 0.1) is 6.92 Å². The van der Waals surface area contributed by atoms with Crippen molar-refractivity contribution in [3.05, 3.63) is 42.0 Å². The van der Waals surface area contributed by atoms with Crippen LogP contribution in [0.15, 0.2) is 41.3 Å². The van der Waals surface area contributed by atoms with Crippen LogP contribution in [-0.2, 0) is 14.8 Å². The van der Waals surface area contributed by atoms with Gasteiger partial charge < -0.3 is 19.5 Å². The number of aryl methyl sites for hydroxylation is 1. The minimum Gasteiger partial charge on any atom is -0.497 e. The zero-order valence-corrected chi connectivity index (χ0v) is 18.3. The van der Waals surface area contributed by atoms with Crippen molar-refractivity contribution in [1.29, 1.82) is 0 Å². The highest BCUT2D eigenvalue weighted by Gasteiger charge is 2.40. The molecule has 2 aromatic carbocycles. The maximum Gasteiger partial charge on any atom is 0.244 e. The highest BCUT2D eigenvalue weighted by Crippen LogP contribution is 2.32. The van der Waals surface area contributed by atoms with E-state index in [9.17, 15) is 13.2 Å². The number of anilines is 1. The third-order valence-electron chi connectivity index (χ3n) is 5.14. The van der Waals surface area contributed by atoms with Crippen LogP contribution in [0.1, 0.15) is 18.4 Å². The monoisotopic (exact) mass is 434 g/mol. The van der Waals surface area contributed by atoms with Gasteiger partial charge in [0.15, 0.2) is 11.5 Å². The summed E-state index contributed by atoms with van der Waals surface area (Å²) >= 11 is 0. The molecular formula is C21H26N2O6S. The number of hydrogen-bond acceptors (Lipinski definition) is 6. The molecule has 9 heteroatoms. The zero-order chi connectivity index (χ0) is 21.9. The Hall–Kier alpha value is -2.78. The van der Waals surface area contributed by atoms with Crippen molar-refractivity contribution in [3.8, 4) is 17.2 Å². The maximum absolute atomic E-state index is 13.3. The molecule has 0 unspecified atom stereocenters. The summed E-state index contributed by atoms with van der Waals surface area (Å²) in [6.45, 7) is 2.00. The molecule has 0 aliphatic carbocycles. The van der Waals surface area contributed by atoms with Crippen molar-refractivity contribution in [1.82, 2.24) is 4.31 Å². The number of hydrogen-bond donors (Lipinski definition) is 1. The van der Waals surface area contributed by atoms with Gasteiger partial charge in [0.1, 0.15) is 11.8 Å². The maximum atomic E-state index is 13.3. The molecule has 1 aliphatic heterocycles. The van der Waals surface area contributed by atoms with E-state index in [4.69, 9.17) is 14.2 Å². The Morgan fingerprint density at radius 2 is 1.77 bits per heavy atom. The summed E-state index contributed by atoms with van der Waals surface area (Å²) in [4.78, 5) is 13.1. The number of sulfonamides is 1. The Labute approximate surface area is 176 Å². The van der Waals surface area contributed by atoms with E-state index in [-0.39, 0.29) is 17.3 Å². The van der Waals surface area contributed by atoms with Crippen LogP contribution in [-0.4, -0.2) is 52.5 Å². The van der Waals surface area contributed by atoms with Gasteiger partial charge in [0.25, 0.3) is 0 Å². The lowest BCUT2D eigenvalue weighted by atomic mass is 10.2. The van der Waals surface area contributed by atoms with Crippen molar-refractivity contribution in [3.63, 3.8) is 0 Å². The molecule has 0 radical (unpaired) electrons. The third-order valence-corrected chi connectivity index (χ3v) is 7.19. The van der Waals surface area contributed by atoms with Crippen LogP contribution >= 0.6 is 0 Å². The summed E-state index contributed by atoms with van der Waals surface area (Å²) in [6.07, 6.45) is 1.05. The number of methoxy groups -OCH3 is 3. The molecule has 1 amide bonds. The number of ether oxygens (including phenoxy) is 3. The predicted octanol–water partition coefficient (Wildman–Crippen LogP) is 2.81. The van der Waals surface area contributed by atoms with Crippen LogP contribution in [0.5, 0.6) is 17.2 Å². The molecule has 0 saturated carbocycles. The fourth-order valence-electron chi connectivity index (χ4n) is 3.54. The highest BCUT2D eigenvalue weighted by atomic mass is 32.2. The average Bonchev–Trinajstić information content (AvgIpc) is 3.25. The van der Waals surface area contributed by atoms with E-state index >= 15 is 0 Å². The van der Waals surface area contributed by atoms with Crippen LogP contribution < -0.4 is 19.5 Å². The highest BCUT2D eigenvalue weighted by molar-refractivity contribution is 7.89. The first-order chi connectivity index (χ1) is 14.3. The van der Waals surface area contributed by atoms with Crippen LogP contribution in [0.25, 0.3) is 0 Å². The second kappa shape index (κ2) is 8.93. The van der Waals surface area contributed by atoms with Gasteiger partial charge in [-0.1, -0.05) is 6.07 Å². The van der Waals surface area contributed by atoms with E-state index in [1.165, 1.54) is 31.7 Å². The Morgan fingerprint density at radius 1 is 1.03 bits per heavy atom. The molecule has 1 N–H and O–H groups in total. The Morgan fingerprint density at radius 3 is 2.43 bits per heavy atom. The summed E-state index contributed by atoms with van der Waals surface area (Å²) < 4.78 is 43.6. The standard InChI is InChI=1S/C21H26N2O6S/c1-14-7-9-16(27-2)13-20(14)30(25,26)23-11-5-6-17(23)21(24)22-15-8-10-18(28-3)19(12-15)29-4/h7-10,12-13,17H,5-6,11H2,1-4H3,(H,22,24)/t17-/m1/s1. The minimum atomic E-state index is -3.86. The summed E-state index contributed by atoms with van der Waals surface area (Å²) in [7, 11) is 0.649. The molecule has 1 heterocycles. The number of carbonyl (C=O) groups is 1. The number of benzene rings is 2. The largest absolute Gasteiger partial charge is 0.497 e. The minimum absolute atomic E-state index is 0.146. The molecule has 1 fully saturated rings. The normalized spacial score (nSPS) is 16.9. The molecule has 3 rings (SSSR count). The van der Waals surface area contributed by atoms with Crippen LogP contribution in [0.4, 0.5) is 5.69 Å². The summed E-state index contributed by atoms with van der Waals surface area (Å²) in [5.74, 6) is 1.07. The molecule has 1 atom stereocenters. The van der Waals surface area contributed by atoms with Gasteiger partial charge in [-0.05, 0) is 43.5 Å². The van der Waals surface area contributed by atoms with Gasteiger partial charge in [-0.3, -0.25) is 4.79 Å². The Kier molecular flexibility index (Phi) is 6.52. The summed E-state index contributed by atoms with van der Waals surface area (Å²) in [5, 5.41) is 2.80. The van der Waals surface area contributed by atoms with Gasteiger partial charge in [-0.25, -0.2) is 8.42 Å². The van der Waals surface area contributed by atoms with Gasteiger partial charge in [-0.15, -0.1) is 0 Å². The topological polar surface area (TPSA) is 94.2 Å². The fourth-order valence-corrected chi connectivity index (χ4v) is 5.44. The third kappa shape index (κ3) is 4.22. The molecule has 2 aromatic rings. The number of carbonyl (C=O) groups excluding carboxylic acids is 1. The van der Waals surface area contributed by atoms with E-state index < -0.39 is 16.1 Å². The van der Waals surface area contributed by atoms with Gasteiger partial charge in [0, 0.05) is 24.4 Å². The smallest absolute Gasteiger partial charge is 0.244 e. The van der Waals surface area contributed by atoms with Crippen molar-refractivity contribution in [2.45, 2.75) is 30.7 Å². The van der Waals surface area contributed by atoms with E-state index in [0.717, 1.165) is 0 Å². The lowest BCUT2D eigenvalue weighted by Gasteiger charge is -2.24. The summed E-state index contributed by atoms with van der Waals surface area (Å²) in [5.41, 5.74) is 1.10. The first-order valence-electron chi connectivity index (χ1n) is 9.51. The fraction of sp³-hybridized carbons (Fsp3) is 0.381. The second-order valence-corrected chi connectivity index (χ2v) is 8.82. The van der Waals surface area contributed by atoms with Gasteiger partial charge in [0.05, 0.1) is 26.2 Å². The molecule has 162 valence electrons. The lowest BCUT2D eigenvalue weighted by molar-refractivity contribution is -0.119. The van der Waals surface area contributed by atoms with E-state index in [1.807, 2.05) is 0 Å². The Bertz CT molecular complexity index is 1040. The van der Waals surface area contributed by atoms with E-state index in [2.05, 4.69) is 5.32 Å². The van der Waals surface area contributed by atoms with Crippen LogP contribution in [0.2, 0.25) is 0 Å². The van der Waals surface area contributed by atoms with Crippen molar-refractivity contribution in [2.24, 2.45) is 0 Å². The SMILES string of the molecule is COc1ccc(C)c(S(=O)(=O)N2CCC[C@@H]2C(=O)Nc2ccc(OC)c(OC)c2)c1. The molecule has 0 aromatic heterocycles. The molecule has 0 bridgehead atoms. The summed E-state index contributed by atoms with van der Waals surface area (Å²) in [6, 6.07) is 9.09. The second-order valence-electron chi connectivity index (χ2n) is 6.96. The van der Waals surface area contributed by atoms with Crippen molar-refractivity contribution in [2.75, 3.05) is 33.2 Å². The lowest BCUT2D eigenvalue weighted by Crippen LogP contribution is -2.43. The van der Waals surface area contributed by atoms with E-state index in [0.29, 0.717) is 41.3 Å².